The molecular weight excluding hydrogens is 292 g/mol. The highest BCUT2D eigenvalue weighted by molar-refractivity contribution is 7.91. The first-order valence-electron chi connectivity index (χ1n) is 5.74. The van der Waals surface area contributed by atoms with Crippen molar-refractivity contribution in [3.8, 4) is 0 Å². The molecule has 0 aliphatic carbocycles. The standard InChI is InChI=1S/C11H13ClN2O4S/c12-9-2-1-8(11(5-9)14(15)16)6-13-10-3-4-19(17,18)7-10/h1-2,5,10,13H,3-4,6-7H2. The van der Waals surface area contributed by atoms with Gasteiger partial charge in [-0.15, -0.1) is 0 Å². The Labute approximate surface area is 115 Å². The van der Waals surface area contributed by atoms with Crippen molar-refractivity contribution in [3.05, 3.63) is 38.9 Å². The van der Waals surface area contributed by atoms with Crippen LogP contribution in [-0.2, 0) is 16.4 Å². The number of hydrogen-bond acceptors (Lipinski definition) is 5. The number of halogens is 1. The number of rotatable bonds is 4. The number of sulfone groups is 1. The lowest BCUT2D eigenvalue weighted by molar-refractivity contribution is -0.385. The van der Waals surface area contributed by atoms with E-state index in [1.54, 1.807) is 12.1 Å². The van der Waals surface area contributed by atoms with E-state index in [1.165, 1.54) is 6.07 Å². The van der Waals surface area contributed by atoms with Gasteiger partial charge in [-0.05, 0) is 18.6 Å². The molecule has 0 saturated carbocycles. The number of nitro groups is 1. The average molecular weight is 305 g/mol. The normalized spacial score (nSPS) is 21.4. The van der Waals surface area contributed by atoms with E-state index in [1.807, 2.05) is 0 Å². The second-order valence-electron chi connectivity index (χ2n) is 4.51. The zero-order chi connectivity index (χ0) is 14.0. The molecule has 2 rings (SSSR count). The molecule has 1 aliphatic rings. The Kier molecular flexibility index (Phi) is 4.07. The van der Waals surface area contributed by atoms with E-state index in [0.29, 0.717) is 17.0 Å². The molecule has 8 heteroatoms. The highest BCUT2D eigenvalue weighted by atomic mass is 35.5. The van der Waals surface area contributed by atoms with Crippen LogP contribution in [-0.4, -0.2) is 30.9 Å². The van der Waals surface area contributed by atoms with Gasteiger partial charge in [0.1, 0.15) is 0 Å². The van der Waals surface area contributed by atoms with Crippen molar-refractivity contribution in [2.75, 3.05) is 11.5 Å². The molecule has 1 N–H and O–H groups in total. The van der Waals surface area contributed by atoms with Crippen LogP contribution in [0.4, 0.5) is 5.69 Å². The Hall–Kier alpha value is -1.18. The van der Waals surface area contributed by atoms with Crippen LogP contribution in [0.3, 0.4) is 0 Å². The number of hydrogen-bond donors (Lipinski definition) is 1. The summed E-state index contributed by atoms with van der Waals surface area (Å²) in [6.45, 7) is 0.258. The third-order valence-electron chi connectivity index (χ3n) is 3.06. The minimum absolute atomic E-state index is 0.0548. The summed E-state index contributed by atoms with van der Waals surface area (Å²) in [6, 6.07) is 4.32. The van der Waals surface area contributed by atoms with Gasteiger partial charge in [0.2, 0.25) is 0 Å². The Morgan fingerprint density at radius 1 is 1.47 bits per heavy atom. The fraction of sp³-hybridized carbons (Fsp3) is 0.455. The van der Waals surface area contributed by atoms with Crippen molar-refractivity contribution in [1.82, 2.24) is 5.32 Å². The van der Waals surface area contributed by atoms with E-state index in [4.69, 9.17) is 11.6 Å². The van der Waals surface area contributed by atoms with Crippen LogP contribution in [0.25, 0.3) is 0 Å². The molecule has 0 spiro atoms. The van der Waals surface area contributed by atoms with Gasteiger partial charge < -0.3 is 5.32 Å². The molecule has 0 bridgehead atoms. The molecule has 1 aromatic carbocycles. The molecule has 1 fully saturated rings. The summed E-state index contributed by atoms with van der Waals surface area (Å²) in [5.41, 5.74) is 0.444. The monoisotopic (exact) mass is 304 g/mol. The molecule has 104 valence electrons. The number of nitrogens with zero attached hydrogens (tertiary/aromatic N) is 1. The van der Waals surface area contributed by atoms with Gasteiger partial charge >= 0.3 is 0 Å². The van der Waals surface area contributed by atoms with Gasteiger partial charge in [-0.3, -0.25) is 10.1 Å². The molecular formula is C11H13ClN2O4S. The molecule has 1 atom stereocenters. The van der Waals surface area contributed by atoms with Gasteiger partial charge in [-0.1, -0.05) is 11.6 Å². The van der Waals surface area contributed by atoms with Gasteiger partial charge in [0.05, 0.1) is 16.4 Å². The Morgan fingerprint density at radius 2 is 2.21 bits per heavy atom. The predicted molar refractivity (Wildman–Crippen MR) is 72.0 cm³/mol. The number of nitrogens with one attached hydrogen (secondary N) is 1. The van der Waals surface area contributed by atoms with Gasteiger partial charge in [0, 0.05) is 29.2 Å². The summed E-state index contributed by atoms with van der Waals surface area (Å²) in [5.74, 6) is 0.266. The highest BCUT2D eigenvalue weighted by Crippen LogP contribution is 2.23. The molecule has 0 aromatic heterocycles. The molecule has 6 nitrogen and oxygen atoms in total. The van der Waals surface area contributed by atoms with Crippen molar-refractivity contribution < 1.29 is 13.3 Å². The second kappa shape index (κ2) is 5.44. The fourth-order valence-electron chi connectivity index (χ4n) is 2.07. The molecule has 1 unspecified atom stereocenters. The fourth-order valence-corrected chi connectivity index (χ4v) is 3.94. The van der Waals surface area contributed by atoms with E-state index in [-0.39, 0.29) is 29.8 Å². The third-order valence-corrected chi connectivity index (χ3v) is 5.06. The third kappa shape index (κ3) is 3.65. The zero-order valence-corrected chi connectivity index (χ0v) is 11.6. The molecule has 0 radical (unpaired) electrons. The first kappa shape index (κ1) is 14.2. The molecule has 1 aliphatic heterocycles. The second-order valence-corrected chi connectivity index (χ2v) is 7.18. The Balaban J connectivity index is 2.06. The van der Waals surface area contributed by atoms with Gasteiger partial charge in [-0.2, -0.15) is 0 Å². The number of benzene rings is 1. The van der Waals surface area contributed by atoms with Crippen molar-refractivity contribution in [1.29, 1.82) is 0 Å². The molecule has 1 aromatic rings. The Bertz CT molecular complexity index is 603. The van der Waals surface area contributed by atoms with Crippen molar-refractivity contribution >= 4 is 27.1 Å². The quantitative estimate of drug-likeness (QED) is 0.673. The van der Waals surface area contributed by atoms with Gasteiger partial charge in [0.25, 0.3) is 5.69 Å². The number of nitro benzene ring substituents is 1. The van der Waals surface area contributed by atoms with Crippen LogP contribution in [0.1, 0.15) is 12.0 Å². The predicted octanol–water partition coefficient (Wildman–Crippen LogP) is 1.52. The summed E-state index contributed by atoms with van der Waals surface area (Å²) >= 11 is 5.72. The lowest BCUT2D eigenvalue weighted by Crippen LogP contribution is -2.29. The summed E-state index contributed by atoms with van der Waals surface area (Å²) in [7, 11) is -2.95. The Morgan fingerprint density at radius 3 is 2.79 bits per heavy atom. The average Bonchev–Trinajstić information content (AvgIpc) is 2.67. The highest BCUT2D eigenvalue weighted by Gasteiger charge is 2.27. The first-order chi connectivity index (χ1) is 8.87. The van der Waals surface area contributed by atoms with Crippen LogP contribution in [0.5, 0.6) is 0 Å². The minimum Gasteiger partial charge on any atom is -0.309 e. The van der Waals surface area contributed by atoms with Gasteiger partial charge in [0.15, 0.2) is 9.84 Å². The lowest BCUT2D eigenvalue weighted by atomic mass is 10.1. The molecule has 1 saturated heterocycles. The van der Waals surface area contributed by atoms with Crippen LogP contribution in [0.15, 0.2) is 18.2 Å². The van der Waals surface area contributed by atoms with Crippen molar-refractivity contribution in [2.24, 2.45) is 0 Å². The summed E-state index contributed by atoms with van der Waals surface area (Å²) in [4.78, 5) is 10.4. The van der Waals surface area contributed by atoms with Crippen LogP contribution >= 0.6 is 11.6 Å². The van der Waals surface area contributed by atoms with E-state index in [9.17, 15) is 18.5 Å². The lowest BCUT2D eigenvalue weighted by Gasteiger charge is -2.10. The summed E-state index contributed by atoms with van der Waals surface area (Å²) < 4.78 is 22.6. The summed E-state index contributed by atoms with van der Waals surface area (Å²) in [6.07, 6.45) is 0.545. The zero-order valence-electron chi connectivity index (χ0n) is 10.0. The largest absolute Gasteiger partial charge is 0.309 e. The molecule has 19 heavy (non-hydrogen) atoms. The topological polar surface area (TPSA) is 89.3 Å². The maximum absolute atomic E-state index is 11.3. The first-order valence-corrected chi connectivity index (χ1v) is 7.94. The smallest absolute Gasteiger partial charge is 0.275 e. The van der Waals surface area contributed by atoms with Crippen LogP contribution in [0.2, 0.25) is 5.02 Å². The SMILES string of the molecule is O=[N+]([O-])c1cc(Cl)ccc1CNC1CCS(=O)(=O)C1. The summed E-state index contributed by atoms with van der Waals surface area (Å²) in [5, 5.41) is 14.2. The molecule has 0 amide bonds. The van der Waals surface area contributed by atoms with Gasteiger partial charge in [-0.25, -0.2) is 8.42 Å². The molecule has 1 heterocycles. The van der Waals surface area contributed by atoms with E-state index in [2.05, 4.69) is 5.32 Å². The maximum atomic E-state index is 11.3. The minimum atomic E-state index is -2.95. The van der Waals surface area contributed by atoms with Crippen LogP contribution < -0.4 is 5.32 Å². The van der Waals surface area contributed by atoms with E-state index < -0.39 is 14.8 Å². The van der Waals surface area contributed by atoms with Crippen molar-refractivity contribution in [3.63, 3.8) is 0 Å². The maximum Gasteiger partial charge on any atom is 0.275 e. The van der Waals surface area contributed by atoms with E-state index in [0.717, 1.165) is 0 Å². The van der Waals surface area contributed by atoms with E-state index >= 15 is 0 Å². The van der Waals surface area contributed by atoms with Crippen molar-refractivity contribution in [2.45, 2.75) is 19.0 Å². The van der Waals surface area contributed by atoms with Crippen LogP contribution in [0, 0.1) is 10.1 Å².